The molecule has 2 N–H and O–H groups in total. The van der Waals surface area contributed by atoms with E-state index >= 15 is 0 Å². The number of amides is 1. The Morgan fingerprint density at radius 1 is 1.42 bits per heavy atom. The molecule has 2 aliphatic rings. The molecule has 128 valence electrons. The molecule has 0 saturated carbocycles. The molecule has 1 aromatic rings. The maximum absolute atomic E-state index is 12.1. The van der Waals surface area contributed by atoms with Gasteiger partial charge in [-0.25, -0.2) is 0 Å². The number of carbonyl (C=O) groups is 1. The van der Waals surface area contributed by atoms with Gasteiger partial charge in [-0.1, -0.05) is 15.9 Å². The van der Waals surface area contributed by atoms with Crippen LogP contribution in [0, 0.1) is 17.2 Å². The molecule has 24 heavy (non-hydrogen) atoms. The second kappa shape index (κ2) is 8.00. The van der Waals surface area contributed by atoms with Crippen molar-refractivity contribution in [3.05, 3.63) is 28.2 Å². The van der Waals surface area contributed by atoms with Crippen molar-refractivity contribution in [1.29, 1.82) is 5.26 Å². The zero-order valence-corrected chi connectivity index (χ0v) is 15.3. The van der Waals surface area contributed by atoms with Gasteiger partial charge in [0.15, 0.2) is 0 Å². The van der Waals surface area contributed by atoms with Crippen LogP contribution in [-0.2, 0) is 4.79 Å². The van der Waals surface area contributed by atoms with Gasteiger partial charge < -0.3 is 15.5 Å². The van der Waals surface area contributed by atoms with Crippen molar-refractivity contribution in [3.8, 4) is 6.07 Å². The molecule has 2 aliphatic heterocycles. The van der Waals surface area contributed by atoms with Crippen LogP contribution in [0.5, 0.6) is 0 Å². The summed E-state index contributed by atoms with van der Waals surface area (Å²) in [6.07, 6.45) is 4.22. The van der Waals surface area contributed by atoms with Crippen LogP contribution in [0.15, 0.2) is 22.7 Å². The number of halogens is 1. The van der Waals surface area contributed by atoms with Crippen LogP contribution in [0.25, 0.3) is 0 Å². The summed E-state index contributed by atoms with van der Waals surface area (Å²) < 4.78 is 0.924. The van der Waals surface area contributed by atoms with Gasteiger partial charge in [-0.3, -0.25) is 4.79 Å². The lowest BCUT2D eigenvalue weighted by molar-refractivity contribution is -0.122. The lowest BCUT2D eigenvalue weighted by Crippen LogP contribution is -2.45. The highest BCUT2D eigenvalue weighted by atomic mass is 79.9. The molecule has 2 heterocycles. The number of carbonyl (C=O) groups excluding carboxylic acids is 1. The second-order valence-corrected chi connectivity index (χ2v) is 7.54. The smallest absolute Gasteiger partial charge is 0.237 e. The number of hydrogen-bond acceptors (Lipinski definition) is 4. The van der Waals surface area contributed by atoms with Crippen LogP contribution >= 0.6 is 15.9 Å². The number of anilines is 1. The van der Waals surface area contributed by atoms with Gasteiger partial charge in [0.25, 0.3) is 0 Å². The van der Waals surface area contributed by atoms with Gasteiger partial charge >= 0.3 is 0 Å². The summed E-state index contributed by atoms with van der Waals surface area (Å²) >= 11 is 3.42. The summed E-state index contributed by atoms with van der Waals surface area (Å²) in [5.74, 6) is 0.560. The Labute approximate surface area is 151 Å². The highest BCUT2D eigenvalue weighted by molar-refractivity contribution is 9.10. The molecule has 5 nitrogen and oxygen atoms in total. The summed E-state index contributed by atoms with van der Waals surface area (Å²) in [7, 11) is 0. The van der Waals surface area contributed by atoms with Gasteiger partial charge in [0.05, 0.1) is 17.3 Å². The first-order valence-electron chi connectivity index (χ1n) is 8.63. The first-order valence-corrected chi connectivity index (χ1v) is 9.42. The standard InChI is InChI=1S/C18H23BrN4O/c19-15-5-6-17(14(9-15)10-20)23-8-2-3-13(12-23)11-22-18(24)16-4-1-7-21-16/h5-6,9,13,16,21H,1-4,7-8,11-12H2,(H,22,24). The number of nitrogens with one attached hydrogen (secondary N) is 2. The average molecular weight is 391 g/mol. The van der Waals surface area contributed by atoms with Crippen molar-refractivity contribution in [3.63, 3.8) is 0 Å². The summed E-state index contributed by atoms with van der Waals surface area (Å²) in [5, 5.41) is 15.7. The molecule has 0 bridgehead atoms. The number of rotatable bonds is 4. The molecular formula is C18H23BrN4O. The maximum Gasteiger partial charge on any atom is 0.237 e. The van der Waals surface area contributed by atoms with Crippen LogP contribution < -0.4 is 15.5 Å². The first kappa shape index (κ1) is 17.2. The van der Waals surface area contributed by atoms with Crippen molar-refractivity contribution in [2.75, 3.05) is 31.1 Å². The quantitative estimate of drug-likeness (QED) is 0.827. The van der Waals surface area contributed by atoms with Crippen LogP contribution in [-0.4, -0.2) is 38.1 Å². The fourth-order valence-electron chi connectivity index (χ4n) is 3.60. The molecule has 0 radical (unpaired) electrons. The number of nitrogens with zero attached hydrogens (tertiary/aromatic N) is 2. The van der Waals surface area contributed by atoms with E-state index in [1.54, 1.807) is 0 Å². The molecule has 1 aromatic carbocycles. The Kier molecular flexibility index (Phi) is 5.75. The fourth-order valence-corrected chi connectivity index (χ4v) is 3.96. The topological polar surface area (TPSA) is 68.2 Å². The lowest BCUT2D eigenvalue weighted by atomic mass is 9.96. The Bertz CT molecular complexity index is 636. The molecule has 2 atom stereocenters. The van der Waals surface area contributed by atoms with Gasteiger partial charge in [0.1, 0.15) is 6.07 Å². The molecule has 2 fully saturated rings. The van der Waals surface area contributed by atoms with E-state index in [1.807, 2.05) is 18.2 Å². The van der Waals surface area contributed by atoms with Crippen molar-refractivity contribution in [2.24, 2.45) is 5.92 Å². The fraction of sp³-hybridized carbons (Fsp3) is 0.556. The molecule has 0 aromatic heterocycles. The minimum atomic E-state index is -0.0126. The third kappa shape index (κ3) is 4.08. The van der Waals surface area contributed by atoms with E-state index in [0.29, 0.717) is 18.0 Å². The monoisotopic (exact) mass is 390 g/mol. The summed E-state index contributed by atoms with van der Waals surface area (Å²) in [6.45, 7) is 3.50. The second-order valence-electron chi connectivity index (χ2n) is 6.62. The van der Waals surface area contributed by atoms with Crippen LogP contribution in [0.2, 0.25) is 0 Å². The molecule has 6 heteroatoms. The number of hydrogen-bond donors (Lipinski definition) is 2. The van der Waals surface area contributed by atoms with E-state index in [1.165, 1.54) is 0 Å². The Morgan fingerprint density at radius 2 is 2.29 bits per heavy atom. The van der Waals surface area contributed by atoms with Crippen molar-refractivity contribution < 1.29 is 4.79 Å². The van der Waals surface area contributed by atoms with E-state index in [2.05, 4.69) is 37.5 Å². The maximum atomic E-state index is 12.1. The Hall–Kier alpha value is -1.58. The zero-order chi connectivity index (χ0) is 16.9. The van der Waals surface area contributed by atoms with Gasteiger partial charge in [0.2, 0.25) is 5.91 Å². The molecule has 2 saturated heterocycles. The number of benzene rings is 1. The summed E-state index contributed by atoms with van der Waals surface area (Å²) in [6, 6.07) is 8.13. The molecular weight excluding hydrogens is 368 g/mol. The SMILES string of the molecule is N#Cc1cc(Br)ccc1N1CCCC(CNC(=O)C2CCCN2)C1. The first-order chi connectivity index (χ1) is 11.7. The number of piperidine rings is 1. The number of nitriles is 1. The Balaban J connectivity index is 1.58. The minimum absolute atomic E-state index is 0.0126. The molecule has 2 unspecified atom stereocenters. The molecule has 0 aliphatic carbocycles. The van der Waals surface area contributed by atoms with E-state index in [-0.39, 0.29) is 11.9 Å². The summed E-state index contributed by atoms with van der Waals surface area (Å²) in [5.41, 5.74) is 1.69. The van der Waals surface area contributed by atoms with Gasteiger partial charge in [0, 0.05) is 24.1 Å². The molecule has 3 rings (SSSR count). The predicted octanol–water partition coefficient (Wildman–Crippen LogP) is 2.41. The third-order valence-corrected chi connectivity index (χ3v) is 5.37. The van der Waals surface area contributed by atoms with E-state index in [0.717, 1.165) is 55.5 Å². The van der Waals surface area contributed by atoms with E-state index < -0.39 is 0 Å². The van der Waals surface area contributed by atoms with Crippen molar-refractivity contribution in [2.45, 2.75) is 31.7 Å². The third-order valence-electron chi connectivity index (χ3n) is 4.88. The van der Waals surface area contributed by atoms with Crippen LogP contribution in [0.4, 0.5) is 5.69 Å². The summed E-state index contributed by atoms with van der Waals surface area (Å²) in [4.78, 5) is 14.4. The van der Waals surface area contributed by atoms with Crippen molar-refractivity contribution in [1.82, 2.24) is 10.6 Å². The average Bonchev–Trinajstić information content (AvgIpc) is 3.14. The van der Waals surface area contributed by atoms with Crippen LogP contribution in [0.3, 0.4) is 0 Å². The van der Waals surface area contributed by atoms with E-state index in [9.17, 15) is 10.1 Å². The Morgan fingerprint density at radius 3 is 3.04 bits per heavy atom. The normalized spacial score (nSPS) is 23.8. The van der Waals surface area contributed by atoms with Gasteiger partial charge in [-0.2, -0.15) is 5.26 Å². The van der Waals surface area contributed by atoms with E-state index in [4.69, 9.17) is 0 Å². The largest absolute Gasteiger partial charge is 0.370 e. The van der Waals surface area contributed by atoms with Gasteiger partial charge in [-0.15, -0.1) is 0 Å². The predicted molar refractivity (Wildman–Crippen MR) is 97.8 cm³/mol. The van der Waals surface area contributed by atoms with Crippen LogP contribution in [0.1, 0.15) is 31.2 Å². The highest BCUT2D eigenvalue weighted by Gasteiger charge is 2.25. The van der Waals surface area contributed by atoms with Gasteiger partial charge in [-0.05, 0) is 56.3 Å². The highest BCUT2D eigenvalue weighted by Crippen LogP contribution is 2.28. The lowest BCUT2D eigenvalue weighted by Gasteiger charge is -2.35. The minimum Gasteiger partial charge on any atom is -0.370 e. The zero-order valence-electron chi connectivity index (χ0n) is 13.7. The van der Waals surface area contributed by atoms with Crippen molar-refractivity contribution >= 4 is 27.5 Å². The molecule has 0 spiro atoms. The molecule has 1 amide bonds.